The quantitative estimate of drug-likeness (QED) is 0.699. The van der Waals surface area contributed by atoms with Crippen molar-refractivity contribution in [1.82, 2.24) is 19.3 Å². The molecule has 3 aromatic rings. The van der Waals surface area contributed by atoms with Gasteiger partial charge in [0.05, 0.1) is 25.1 Å². The summed E-state index contributed by atoms with van der Waals surface area (Å²) in [5, 5.41) is 2.88. The zero-order valence-electron chi connectivity index (χ0n) is 17.4. The van der Waals surface area contributed by atoms with Gasteiger partial charge in [0, 0.05) is 43.6 Å². The smallest absolute Gasteiger partial charge is 0.321 e. The normalized spacial score (nSPS) is 19.2. The number of morpholine rings is 1. The van der Waals surface area contributed by atoms with Crippen LogP contribution in [-0.4, -0.2) is 64.7 Å². The number of rotatable bonds is 3. The number of carbonyl (C=O) groups excluding carboxylic acids is 1. The molecule has 1 aromatic carbocycles. The molecule has 31 heavy (non-hydrogen) atoms. The third kappa shape index (κ3) is 3.93. The van der Waals surface area contributed by atoms with Crippen LogP contribution in [0.4, 0.5) is 20.7 Å². The first-order valence-electron chi connectivity index (χ1n) is 10.6. The highest BCUT2D eigenvalue weighted by Gasteiger charge is 2.23. The van der Waals surface area contributed by atoms with E-state index in [4.69, 9.17) is 4.74 Å². The van der Waals surface area contributed by atoms with Crippen molar-refractivity contribution in [2.75, 3.05) is 49.6 Å². The van der Waals surface area contributed by atoms with Crippen molar-refractivity contribution in [3.63, 3.8) is 0 Å². The Kier molecular flexibility index (Phi) is 5.19. The molecule has 0 saturated carbocycles. The molecule has 0 bridgehead atoms. The maximum absolute atomic E-state index is 14.6. The standard InChI is InChI=1S/C22H25FN6O2/c1-15-4-6-28(14-15)22(30)25-16-2-3-18(23)17(12-16)19-5-7-29-20(13-24-21(29)26-19)27-8-10-31-11-9-27/h2-3,5,7,12-13,15H,4,6,8-11,14H2,1H3,(H,25,30)/t15-/m0/s1. The lowest BCUT2D eigenvalue weighted by Crippen LogP contribution is -2.36. The first kappa shape index (κ1) is 19.7. The van der Waals surface area contributed by atoms with E-state index in [0.717, 1.165) is 38.4 Å². The van der Waals surface area contributed by atoms with E-state index < -0.39 is 5.82 Å². The van der Waals surface area contributed by atoms with Crippen LogP contribution in [0, 0.1) is 11.7 Å². The van der Waals surface area contributed by atoms with Crippen LogP contribution < -0.4 is 10.2 Å². The highest BCUT2D eigenvalue weighted by molar-refractivity contribution is 5.90. The molecule has 4 heterocycles. The number of fused-ring (bicyclic) bond motifs is 1. The van der Waals surface area contributed by atoms with Gasteiger partial charge in [-0.3, -0.25) is 4.40 Å². The Bertz CT molecular complexity index is 1110. The Morgan fingerprint density at radius 1 is 1.23 bits per heavy atom. The Balaban J connectivity index is 1.40. The molecule has 2 amide bonds. The van der Waals surface area contributed by atoms with Crippen molar-refractivity contribution in [2.45, 2.75) is 13.3 Å². The molecule has 9 heteroatoms. The van der Waals surface area contributed by atoms with E-state index >= 15 is 0 Å². The van der Waals surface area contributed by atoms with E-state index in [1.165, 1.54) is 6.07 Å². The number of benzene rings is 1. The number of imidazole rings is 1. The largest absolute Gasteiger partial charge is 0.378 e. The minimum atomic E-state index is -0.399. The zero-order valence-corrected chi connectivity index (χ0v) is 17.4. The first-order valence-corrected chi connectivity index (χ1v) is 10.6. The molecule has 2 aliphatic heterocycles. The number of aromatic nitrogens is 3. The number of nitrogens with one attached hydrogen (secondary N) is 1. The molecule has 0 radical (unpaired) electrons. The minimum absolute atomic E-state index is 0.159. The molecule has 2 aliphatic rings. The summed E-state index contributed by atoms with van der Waals surface area (Å²) in [6, 6.07) is 6.16. The Morgan fingerprint density at radius 3 is 2.84 bits per heavy atom. The van der Waals surface area contributed by atoms with Gasteiger partial charge in [0.1, 0.15) is 11.6 Å². The summed E-state index contributed by atoms with van der Waals surface area (Å²) in [5.41, 5.74) is 1.33. The fraction of sp³-hybridized carbons (Fsp3) is 0.409. The molecule has 1 N–H and O–H groups in total. The van der Waals surface area contributed by atoms with E-state index in [2.05, 4.69) is 27.1 Å². The monoisotopic (exact) mass is 424 g/mol. The van der Waals surface area contributed by atoms with Crippen LogP contribution >= 0.6 is 0 Å². The summed E-state index contributed by atoms with van der Waals surface area (Å²) in [4.78, 5) is 25.5. The number of ether oxygens (including phenoxy) is 1. The van der Waals surface area contributed by atoms with Crippen LogP contribution in [0.2, 0.25) is 0 Å². The average molecular weight is 424 g/mol. The summed E-state index contributed by atoms with van der Waals surface area (Å²) in [5.74, 6) is 1.55. The molecule has 2 aromatic heterocycles. The average Bonchev–Trinajstić information content (AvgIpc) is 3.41. The van der Waals surface area contributed by atoms with Gasteiger partial charge in [-0.25, -0.2) is 19.2 Å². The fourth-order valence-electron chi connectivity index (χ4n) is 4.16. The van der Waals surface area contributed by atoms with Crippen LogP contribution in [0.3, 0.4) is 0 Å². The van der Waals surface area contributed by atoms with Crippen molar-refractivity contribution in [1.29, 1.82) is 0 Å². The Hall–Kier alpha value is -3.20. The Morgan fingerprint density at radius 2 is 2.06 bits per heavy atom. The molecular formula is C22H25FN6O2. The number of hydrogen-bond acceptors (Lipinski definition) is 5. The number of hydrogen-bond donors (Lipinski definition) is 1. The van der Waals surface area contributed by atoms with Crippen molar-refractivity contribution >= 4 is 23.3 Å². The molecular weight excluding hydrogens is 399 g/mol. The second-order valence-electron chi connectivity index (χ2n) is 8.16. The fourth-order valence-corrected chi connectivity index (χ4v) is 4.16. The van der Waals surface area contributed by atoms with Crippen molar-refractivity contribution in [3.8, 4) is 11.3 Å². The SMILES string of the molecule is C[C@H]1CCN(C(=O)Nc2ccc(F)c(-c3ccn4c(N5CCOCC5)cnc4n3)c2)C1. The van der Waals surface area contributed by atoms with Crippen LogP contribution in [0.1, 0.15) is 13.3 Å². The predicted octanol–water partition coefficient (Wildman–Crippen LogP) is 3.25. The molecule has 5 rings (SSSR count). The minimum Gasteiger partial charge on any atom is -0.378 e. The van der Waals surface area contributed by atoms with E-state index in [0.29, 0.717) is 41.9 Å². The molecule has 0 spiro atoms. The Labute approximate surface area is 179 Å². The van der Waals surface area contributed by atoms with E-state index in [1.54, 1.807) is 29.3 Å². The van der Waals surface area contributed by atoms with Gasteiger partial charge < -0.3 is 19.9 Å². The zero-order chi connectivity index (χ0) is 21.4. The summed E-state index contributed by atoms with van der Waals surface area (Å²) >= 11 is 0. The highest BCUT2D eigenvalue weighted by Crippen LogP contribution is 2.27. The first-order chi connectivity index (χ1) is 15.1. The van der Waals surface area contributed by atoms with Gasteiger partial charge in [0.25, 0.3) is 0 Å². The second kappa shape index (κ2) is 8.14. The van der Waals surface area contributed by atoms with Gasteiger partial charge >= 0.3 is 6.03 Å². The molecule has 2 saturated heterocycles. The van der Waals surface area contributed by atoms with Crippen LogP contribution in [0.25, 0.3) is 17.0 Å². The summed E-state index contributed by atoms with van der Waals surface area (Å²) in [6.07, 6.45) is 4.63. The van der Waals surface area contributed by atoms with Gasteiger partial charge in [-0.05, 0) is 36.6 Å². The molecule has 8 nitrogen and oxygen atoms in total. The van der Waals surface area contributed by atoms with Gasteiger partial charge in [-0.1, -0.05) is 6.92 Å². The maximum Gasteiger partial charge on any atom is 0.321 e. The number of halogens is 1. The number of amides is 2. The number of urea groups is 1. The molecule has 0 aliphatic carbocycles. The summed E-state index contributed by atoms with van der Waals surface area (Å²) in [6.45, 7) is 6.56. The highest BCUT2D eigenvalue weighted by atomic mass is 19.1. The van der Waals surface area contributed by atoms with Gasteiger partial charge in [-0.15, -0.1) is 0 Å². The lowest BCUT2D eigenvalue weighted by molar-refractivity contribution is 0.122. The molecule has 162 valence electrons. The van der Waals surface area contributed by atoms with E-state index in [-0.39, 0.29) is 6.03 Å². The van der Waals surface area contributed by atoms with Gasteiger partial charge in [0.2, 0.25) is 5.78 Å². The van der Waals surface area contributed by atoms with Crippen LogP contribution in [0.5, 0.6) is 0 Å². The van der Waals surface area contributed by atoms with E-state index in [1.807, 2.05) is 10.6 Å². The molecule has 2 fully saturated rings. The van der Waals surface area contributed by atoms with Gasteiger partial charge in [-0.2, -0.15) is 0 Å². The van der Waals surface area contributed by atoms with Gasteiger partial charge in [0.15, 0.2) is 0 Å². The van der Waals surface area contributed by atoms with Crippen molar-refractivity contribution in [3.05, 3.63) is 42.5 Å². The lowest BCUT2D eigenvalue weighted by Gasteiger charge is -2.27. The third-order valence-electron chi connectivity index (χ3n) is 5.90. The molecule has 1 atom stereocenters. The van der Waals surface area contributed by atoms with Crippen molar-refractivity contribution in [2.24, 2.45) is 5.92 Å². The summed E-state index contributed by atoms with van der Waals surface area (Å²) in [7, 11) is 0. The third-order valence-corrected chi connectivity index (χ3v) is 5.90. The predicted molar refractivity (Wildman–Crippen MR) is 116 cm³/mol. The van der Waals surface area contributed by atoms with Crippen LogP contribution in [-0.2, 0) is 4.74 Å². The van der Waals surface area contributed by atoms with Crippen LogP contribution in [0.15, 0.2) is 36.7 Å². The summed E-state index contributed by atoms with van der Waals surface area (Å²) < 4.78 is 21.9. The number of carbonyl (C=O) groups is 1. The van der Waals surface area contributed by atoms with E-state index in [9.17, 15) is 9.18 Å². The maximum atomic E-state index is 14.6. The number of nitrogens with zero attached hydrogens (tertiary/aromatic N) is 5. The second-order valence-corrected chi connectivity index (χ2v) is 8.16. The number of anilines is 2. The molecule has 0 unspecified atom stereocenters. The lowest BCUT2D eigenvalue weighted by atomic mass is 10.1. The number of likely N-dealkylation sites (tertiary alicyclic amines) is 1. The van der Waals surface area contributed by atoms with Crippen molar-refractivity contribution < 1.29 is 13.9 Å². The topological polar surface area (TPSA) is 75.0 Å².